The Morgan fingerprint density at radius 2 is 1.38 bits per heavy atom. The monoisotopic (exact) mass is 315 g/mol. The van der Waals surface area contributed by atoms with Gasteiger partial charge in [0.05, 0.1) is 0 Å². The van der Waals surface area contributed by atoms with Gasteiger partial charge in [-0.15, -0.1) is 0 Å². The molecule has 0 N–H and O–H groups in total. The SMILES string of the molecule is C[C@H](Cc1ccccc1)N1C(=O)c2cccc3cccc(c23)C1=O. The molecule has 0 bridgehead atoms. The van der Waals surface area contributed by atoms with Crippen LogP contribution in [0.1, 0.15) is 33.2 Å². The van der Waals surface area contributed by atoms with E-state index in [-0.39, 0.29) is 17.9 Å². The Hall–Kier alpha value is -2.94. The minimum atomic E-state index is -0.201. The van der Waals surface area contributed by atoms with Crippen LogP contribution in [0.15, 0.2) is 66.7 Å². The molecule has 0 aromatic heterocycles. The van der Waals surface area contributed by atoms with Gasteiger partial charge in [-0.1, -0.05) is 54.6 Å². The van der Waals surface area contributed by atoms with Gasteiger partial charge >= 0.3 is 0 Å². The van der Waals surface area contributed by atoms with Crippen molar-refractivity contribution in [1.82, 2.24) is 4.90 Å². The second-order valence-corrected chi connectivity index (χ2v) is 6.23. The fraction of sp³-hybridized carbons (Fsp3) is 0.143. The maximum atomic E-state index is 13.0. The highest BCUT2D eigenvalue weighted by Gasteiger charge is 2.35. The van der Waals surface area contributed by atoms with Gasteiger partial charge in [0.2, 0.25) is 0 Å². The van der Waals surface area contributed by atoms with Crippen LogP contribution in [0.25, 0.3) is 10.8 Å². The van der Waals surface area contributed by atoms with Crippen molar-refractivity contribution in [3.05, 3.63) is 83.4 Å². The molecule has 0 fully saturated rings. The molecule has 0 saturated heterocycles. The molecule has 3 nitrogen and oxygen atoms in total. The van der Waals surface area contributed by atoms with Gasteiger partial charge in [-0.05, 0) is 36.4 Å². The van der Waals surface area contributed by atoms with Gasteiger partial charge in [0, 0.05) is 22.6 Å². The lowest BCUT2D eigenvalue weighted by Gasteiger charge is -2.32. The molecule has 1 aliphatic rings. The van der Waals surface area contributed by atoms with Crippen molar-refractivity contribution in [2.75, 3.05) is 0 Å². The van der Waals surface area contributed by atoms with E-state index < -0.39 is 0 Å². The Bertz CT molecular complexity index is 896. The number of amides is 2. The van der Waals surface area contributed by atoms with Crippen LogP contribution < -0.4 is 0 Å². The molecule has 0 radical (unpaired) electrons. The van der Waals surface area contributed by atoms with E-state index in [1.165, 1.54) is 4.90 Å². The summed E-state index contributed by atoms with van der Waals surface area (Å²) in [6.07, 6.45) is 0.649. The third-order valence-electron chi connectivity index (χ3n) is 4.62. The molecular weight excluding hydrogens is 298 g/mol. The van der Waals surface area contributed by atoms with Crippen LogP contribution in [0.2, 0.25) is 0 Å². The molecule has 0 unspecified atom stereocenters. The summed E-state index contributed by atoms with van der Waals surface area (Å²) in [5.41, 5.74) is 2.34. The maximum absolute atomic E-state index is 13.0. The van der Waals surface area contributed by atoms with Gasteiger partial charge in [-0.25, -0.2) is 0 Å². The number of rotatable bonds is 3. The van der Waals surface area contributed by atoms with Crippen LogP contribution in [0.5, 0.6) is 0 Å². The zero-order valence-electron chi connectivity index (χ0n) is 13.4. The Morgan fingerprint density at radius 1 is 0.792 bits per heavy atom. The Kier molecular flexibility index (Phi) is 3.42. The van der Waals surface area contributed by atoms with E-state index in [1.807, 2.05) is 73.7 Å². The lowest BCUT2D eigenvalue weighted by molar-refractivity contribution is 0.0551. The van der Waals surface area contributed by atoms with Crippen LogP contribution in [0.4, 0.5) is 0 Å². The molecule has 3 heteroatoms. The van der Waals surface area contributed by atoms with Crippen molar-refractivity contribution in [3.63, 3.8) is 0 Å². The first-order chi connectivity index (χ1) is 11.7. The lowest BCUT2D eigenvalue weighted by atomic mass is 9.92. The summed E-state index contributed by atoms with van der Waals surface area (Å²) in [5, 5.41) is 1.71. The topological polar surface area (TPSA) is 37.4 Å². The van der Waals surface area contributed by atoms with Gasteiger partial charge in [0.15, 0.2) is 0 Å². The fourth-order valence-electron chi connectivity index (χ4n) is 3.50. The molecule has 1 heterocycles. The summed E-state index contributed by atoms with van der Waals surface area (Å²) in [4.78, 5) is 27.3. The first kappa shape index (κ1) is 14.6. The normalized spacial score (nSPS) is 15.0. The van der Waals surface area contributed by atoms with Gasteiger partial charge < -0.3 is 0 Å². The number of benzene rings is 3. The van der Waals surface area contributed by atoms with E-state index in [0.29, 0.717) is 17.5 Å². The predicted molar refractivity (Wildman–Crippen MR) is 94.1 cm³/mol. The minimum Gasteiger partial charge on any atom is -0.271 e. The van der Waals surface area contributed by atoms with Crippen LogP contribution in [0.3, 0.4) is 0 Å². The van der Waals surface area contributed by atoms with Gasteiger partial charge in [0.25, 0.3) is 11.8 Å². The van der Waals surface area contributed by atoms with E-state index in [4.69, 9.17) is 0 Å². The molecule has 118 valence electrons. The van der Waals surface area contributed by atoms with Crippen molar-refractivity contribution >= 4 is 22.6 Å². The second kappa shape index (κ2) is 5.60. The van der Waals surface area contributed by atoms with Crippen LogP contribution in [-0.4, -0.2) is 22.8 Å². The van der Waals surface area contributed by atoms with E-state index >= 15 is 0 Å². The molecule has 2 amide bonds. The maximum Gasteiger partial charge on any atom is 0.261 e. The molecule has 0 aliphatic carbocycles. The number of hydrogen-bond donors (Lipinski definition) is 0. The summed E-state index contributed by atoms with van der Waals surface area (Å²) >= 11 is 0. The Morgan fingerprint density at radius 3 is 1.96 bits per heavy atom. The third-order valence-corrected chi connectivity index (χ3v) is 4.62. The van der Waals surface area contributed by atoms with Crippen LogP contribution in [0, 0.1) is 0 Å². The van der Waals surface area contributed by atoms with Crippen LogP contribution >= 0.6 is 0 Å². The van der Waals surface area contributed by atoms with E-state index in [0.717, 1.165) is 16.3 Å². The Labute approximate surface area is 140 Å². The highest BCUT2D eigenvalue weighted by Crippen LogP contribution is 2.31. The summed E-state index contributed by atoms with van der Waals surface area (Å²) in [7, 11) is 0. The predicted octanol–water partition coefficient (Wildman–Crippen LogP) is 4.07. The van der Waals surface area contributed by atoms with Crippen molar-refractivity contribution in [2.45, 2.75) is 19.4 Å². The third kappa shape index (κ3) is 2.21. The average molecular weight is 315 g/mol. The van der Waals surface area contributed by atoms with Crippen molar-refractivity contribution in [3.8, 4) is 0 Å². The van der Waals surface area contributed by atoms with Crippen molar-refractivity contribution in [2.24, 2.45) is 0 Å². The number of hydrogen-bond acceptors (Lipinski definition) is 2. The fourth-order valence-corrected chi connectivity index (χ4v) is 3.50. The van der Waals surface area contributed by atoms with E-state index in [1.54, 1.807) is 0 Å². The number of carbonyl (C=O) groups excluding carboxylic acids is 2. The zero-order valence-corrected chi connectivity index (χ0v) is 13.4. The molecule has 1 atom stereocenters. The molecule has 0 spiro atoms. The van der Waals surface area contributed by atoms with Crippen molar-refractivity contribution < 1.29 is 9.59 Å². The first-order valence-electron chi connectivity index (χ1n) is 8.10. The Balaban J connectivity index is 1.76. The number of imide groups is 1. The van der Waals surface area contributed by atoms with Crippen LogP contribution in [-0.2, 0) is 6.42 Å². The minimum absolute atomic E-state index is 0.198. The van der Waals surface area contributed by atoms with Gasteiger partial charge in [-0.3, -0.25) is 14.5 Å². The quantitative estimate of drug-likeness (QED) is 0.683. The summed E-state index contributed by atoms with van der Waals surface area (Å²) in [6, 6.07) is 21.0. The van der Waals surface area contributed by atoms with Gasteiger partial charge in [0.1, 0.15) is 0 Å². The molecule has 3 aromatic rings. The molecule has 0 saturated carbocycles. The van der Waals surface area contributed by atoms with Crippen molar-refractivity contribution in [1.29, 1.82) is 0 Å². The summed E-state index contributed by atoms with van der Waals surface area (Å²) in [6.45, 7) is 1.93. The second-order valence-electron chi connectivity index (χ2n) is 6.23. The standard InChI is InChI=1S/C21H17NO2/c1-14(13-15-7-3-2-4-8-15)22-20(23)17-11-5-9-16-10-6-12-18(19(16)17)21(22)24/h2-12,14H,13H2,1H3/t14-/m1/s1. The molecular formula is C21H17NO2. The highest BCUT2D eigenvalue weighted by molar-refractivity contribution is 6.25. The molecule has 3 aromatic carbocycles. The molecule has 4 rings (SSSR count). The summed E-state index contributed by atoms with van der Waals surface area (Å²) in [5.74, 6) is -0.402. The smallest absolute Gasteiger partial charge is 0.261 e. The number of nitrogens with zero attached hydrogens (tertiary/aromatic N) is 1. The highest BCUT2D eigenvalue weighted by atomic mass is 16.2. The average Bonchev–Trinajstić information content (AvgIpc) is 2.60. The summed E-state index contributed by atoms with van der Waals surface area (Å²) < 4.78 is 0. The number of carbonyl (C=O) groups is 2. The van der Waals surface area contributed by atoms with E-state index in [2.05, 4.69) is 0 Å². The largest absolute Gasteiger partial charge is 0.271 e. The zero-order chi connectivity index (χ0) is 16.7. The lowest BCUT2D eigenvalue weighted by Crippen LogP contribution is -2.46. The van der Waals surface area contributed by atoms with Gasteiger partial charge in [-0.2, -0.15) is 0 Å². The molecule has 1 aliphatic heterocycles. The first-order valence-corrected chi connectivity index (χ1v) is 8.10. The van der Waals surface area contributed by atoms with E-state index in [9.17, 15) is 9.59 Å². The molecule has 24 heavy (non-hydrogen) atoms.